The Morgan fingerprint density at radius 1 is 1.17 bits per heavy atom. The summed E-state index contributed by atoms with van der Waals surface area (Å²) in [5.41, 5.74) is -1.28. The van der Waals surface area contributed by atoms with Gasteiger partial charge < -0.3 is 14.3 Å². The lowest BCUT2D eigenvalue weighted by Crippen LogP contribution is -2.35. The first-order valence-electron chi connectivity index (χ1n) is 7.36. The van der Waals surface area contributed by atoms with Gasteiger partial charge in [-0.15, -0.1) is 0 Å². The molecule has 0 aliphatic heterocycles. The summed E-state index contributed by atoms with van der Waals surface area (Å²) in [4.78, 5) is 0. The average molecular weight is 367 g/mol. The fourth-order valence-electron chi connectivity index (χ4n) is 1.97. The molecule has 0 aliphatic carbocycles. The molecule has 5 nitrogen and oxygen atoms in total. The predicted molar refractivity (Wildman–Crippen MR) is 85.2 cm³/mol. The molecule has 0 unspecified atom stereocenters. The predicted octanol–water partition coefficient (Wildman–Crippen LogP) is 4.64. The maximum atomic E-state index is 13.0. The maximum Gasteiger partial charge on any atom is 0.417 e. The van der Waals surface area contributed by atoms with Gasteiger partial charge in [-0.2, -0.15) is 17.9 Å². The summed E-state index contributed by atoms with van der Waals surface area (Å²) in [5, 5.41) is 10.8. The smallest absolute Gasteiger partial charge is 0.417 e. The van der Waals surface area contributed by atoms with E-state index in [4.69, 9.17) is 9.05 Å². The van der Waals surface area contributed by atoms with E-state index in [2.05, 4.69) is 0 Å². The molecule has 0 bridgehead atoms. The highest BCUT2D eigenvalue weighted by molar-refractivity contribution is 7.55. The van der Waals surface area contributed by atoms with E-state index < -0.39 is 24.6 Å². The third kappa shape index (κ3) is 4.37. The van der Waals surface area contributed by atoms with Crippen LogP contribution in [0.25, 0.3) is 0 Å². The zero-order valence-electron chi connectivity index (χ0n) is 14.0. The number of hydrogen-bond donors (Lipinski definition) is 0. The molecule has 0 atom stereocenters. The van der Waals surface area contributed by atoms with Crippen LogP contribution in [-0.2, 0) is 19.8 Å². The summed E-state index contributed by atoms with van der Waals surface area (Å²) in [6.45, 7) is 5.85. The van der Waals surface area contributed by atoms with Crippen molar-refractivity contribution >= 4 is 13.8 Å². The van der Waals surface area contributed by atoms with Crippen LogP contribution in [0.5, 0.6) is 0 Å². The van der Waals surface area contributed by atoms with Gasteiger partial charge in [0, 0.05) is 13.8 Å². The van der Waals surface area contributed by atoms with Crippen molar-refractivity contribution in [3.63, 3.8) is 0 Å². The topological polar surface area (TPSA) is 61.6 Å². The Hall–Kier alpha value is -1.37. The molecular weight excluding hydrogens is 346 g/mol. The zero-order chi connectivity index (χ0) is 18.6. The lowest BCUT2D eigenvalue weighted by Gasteiger charge is -2.30. The minimum atomic E-state index is -4.61. The van der Waals surface area contributed by atoms with E-state index in [1.807, 2.05) is 0 Å². The van der Waals surface area contributed by atoms with E-state index in [0.717, 1.165) is 18.3 Å². The molecule has 0 aromatic heterocycles. The van der Waals surface area contributed by atoms with Crippen molar-refractivity contribution in [2.45, 2.75) is 39.2 Å². The van der Waals surface area contributed by atoms with Crippen molar-refractivity contribution in [2.24, 2.45) is 0 Å². The van der Waals surface area contributed by atoms with E-state index in [-0.39, 0.29) is 23.5 Å². The van der Waals surface area contributed by atoms with Gasteiger partial charge in [-0.1, -0.05) is 12.1 Å². The van der Waals surface area contributed by atoms with Crippen molar-refractivity contribution < 1.29 is 31.5 Å². The van der Waals surface area contributed by atoms with Gasteiger partial charge in [-0.3, -0.25) is 4.57 Å². The van der Waals surface area contributed by atoms with Gasteiger partial charge in [-0.05, 0) is 26.0 Å². The van der Waals surface area contributed by atoms with Crippen LogP contribution in [-0.4, -0.2) is 29.4 Å². The normalized spacial score (nSPS) is 14.0. The van der Waals surface area contributed by atoms with Gasteiger partial charge in [0.1, 0.15) is 0 Å². The Morgan fingerprint density at radius 3 is 2.12 bits per heavy atom. The monoisotopic (exact) mass is 367 g/mol. The SMILES string of the molecule is CCOP(=O)(OCC)C(C)(C)/[N+]([O-])=C/c1ccccc1C(F)(F)F. The quantitative estimate of drug-likeness (QED) is 0.232. The first kappa shape index (κ1) is 20.7. The molecule has 24 heavy (non-hydrogen) atoms. The summed E-state index contributed by atoms with van der Waals surface area (Å²) in [6, 6.07) is 4.64. The van der Waals surface area contributed by atoms with Gasteiger partial charge in [0.05, 0.1) is 24.3 Å². The second-order valence-electron chi connectivity index (χ2n) is 5.37. The summed E-state index contributed by atoms with van der Waals surface area (Å²) < 4.78 is 62.4. The number of rotatable bonds is 7. The van der Waals surface area contributed by atoms with E-state index in [1.54, 1.807) is 13.8 Å². The van der Waals surface area contributed by atoms with Crippen LogP contribution in [0.2, 0.25) is 0 Å². The van der Waals surface area contributed by atoms with Crippen LogP contribution >= 0.6 is 7.60 Å². The van der Waals surface area contributed by atoms with E-state index in [0.29, 0.717) is 0 Å². The number of alkyl halides is 3. The largest absolute Gasteiger partial charge is 0.623 e. The summed E-state index contributed by atoms with van der Waals surface area (Å²) >= 11 is 0. The lowest BCUT2D eigenvalue weighted by atomic mass is 10.1. The van der Waals surface area contributed by atoms with Crippen molar-refractivity contribution in [3.05, 3.63) is 40.6 Å². The van der Waals surface area contributed by atoms with Gasteiger partial charge >= 0.3 is 13.8 Å². The van der Waals surface area contributed by atoms with Crippen LogP contribution < -0.4 is 0 Å². The number of halogens is 3. The van der Waals surface area contributed by atoms with Gasteiger partial charge in [0.25, 0.3) is 5.28 Å². The van der Waals surface area contributed by atoms with E-state index in [1.165, 1.54) is 26.0 Å². The van der Waals surface area contributed by atoms with Crippen molar-refractivity contribution in [3.8, 4) is 0 Å². The molecule has 0 amide bonds. The molecule has 0 spiro atoms. The minimum Gasteiger partial charge on any atom is -0.623 e. The van der Waals surface area contributed by atoms with E-state index in [9.17, 15) is 22.9 Å². The van der Waals surface area contributed by atoms with Crippen LogP contribution in [0.1, 0.15) is 38.8 Å². The van der Waals surface area contributed by atoms with Crippen LogP contribution in [0, 0.1) is 5.21 Å². The Kier molecular flexibility index (Phi) is 6.61. The Labute approximate surface area is 139 Å². The highest BCUT2D eigenvalue weighted by Crippen LogP contribution is 2.59. The fourth-order valence-corrected chi connectivity index (χ4v) is 3.65. The second-order valence-corrected chi connectivity index (χ2v) is 7.97. The molecule has 0 saturated carbocycles. The standard InChI is InChI=1S/C15H21F3NO4P/c1-5-22-24(21,23-6-2)14(3,4)19(20)11-12-9-7-8-10-13(12)15(16,17)18/h7-11H,5-6H2,1-4H3/b19-11-. The molecule has 0 N–H and O–H groups in total. The second kappa shape index (κ2) is 7.68. The molecule has 0 aliphatic rings. The molecule has 1 rings (SSSR count). The minimum absolute atomic E-state index is 0.0354. The Morgan fingerprint density at radius 2 is 1.67 bits per heavy atom. The number of hydroxylamine groups is 1. The Balaban J connectivity index is 3.37. The highest BCUT2D eigenvalue weighted by atomic mass is 31.2. The van der Waals surface area contributed by atoms with Crippen LogP contribution in [0.3, 0.4) is 0 Å². The van der Waals surface area contributed by atoms with Crippen LogP contribution in [0.4, 0.5) is 13.2 Å². The van der Waals surface area contributed by atoms with Gasteiger partial charge in [-0.25, -0.2) is 0 Å². The number of nitrogens with zero attached hydrogens (tertiary/aromatic N) is 1. The summed E-state index contributed by atoms with van der Waals surface area (Å²) in [7, 11) is -3.87. The molecule has 0 saturated heterocycles. The summed E-state index contributed by atoms with van der Waals surface area (Å²) in [5.74, 6) is 0. The molecule has 1 aromatic carbocycles. The van der Waals surface area contributed by atoms with Gasteiger partial charge in [0.2, 0.25) is 0 Å². The van der Waals surface area contributed by atoms with E-state index >= 15 is 0 Å². The first-order valence-corrected chi connectivity index (χ1v) is 8.90. The first-order chi connectivity index (χ1) is 11.0. The number of hydrogen-bond acceptors (Lipinski definition) is 4. The van der Waals surface area contributed by atoms with Crippen molar-refractivity contribution in [1.29, 1.82) is 0 Å². The highest BCUT2D eigenvalue weighted by Gasteiger charge is 2.51. The van der Waals surface area contributed by atoms with Crippen molar-refractivity contribution in [1.82, 2.24) is 0 Å². The lowest BCUT2D eigenvalue weighted by molar-refractivity contribution is -0.510. The molecule has 1 aromatic rings. The fraction of sp³-hybridized carbons (Fsp3) is 0.533. The molecule has 0 heterocycles. The molecule has 0 fully saturated rings. The zero-order valence-corrected chi connectivity index (χ0v) is 14.9. The molecule has 9 heteroatoms. The third-order valence-corrected chi connectivity index (χ3v) is 6.06. The Bertz CT molecular complexity index is 634. The van der Waals surface area contributed by atoms with Crippen LogP contribution in [0.15, 0.2) is 24.3 Å². The maximum absolute atomic E-state index is 13.0. The average Bonchev–Trinajstić information content (AvgIpc) is 2.47. The number of benzene rings is 1. The third-order valence-electron chi connectivity index (χ3n) is 3.33. The molecule has 0 radical (unpaired) electrons. The molecule has 136 valence electrons. The molecular formula is C15H21F3NO4P. The summed E-state index contributed by atoms with van der Waals surface area (Å²) in [6.07, 6.45) is -3.85. The van der Waals surface area contributed by atoms with Crippen molar-refractivity contribution in [2.75, 3.05) is 13.2 Å². The van der Waals surface area contributed by atoms with Gasteiger partial charge in [0.15, 0.2) is 6.21 Å².